The molecule has 5 nitrogen and oxygen atoms in total. The standard InChI is InChI=1S/C20H20ClIN2O3/c1-27-20(26)18(14-2-6-16(21)7-3-14)23-10-12-24(13-11-23)19(25)15-4-8-17(22)9-5-15/h2-9,18H,10-13H2,1H3. The van der Waals surface area contributed by atoms with Crippen molar-refractivity contribution in [2.24, 2.45) is 0 Å². The summed E-state index contributed by atoms with van der Waals surface area (Å²) in [7, 11) is 1.39. The Kier molecular flexibility index (Phi) is 6.73. The van der Waals surface area contributed by atoms with E-state index in [2.05, 4.69) is 22.6 Å². The summed E-state index contributed by atoms with van der Waals surface area (Å²) in [6.07, 6.45) is 0. The predicted octanol–water partition coefficient (Wildman–Crippen LogP) is 3.62. The number of benzene rings is 2. The number of piperazine rings is 1. The number of halogens is 2. The van der Waals surface area contributed by atoms with E-state index in [4.69, 9.17) is 16.3 Å². The van der Waals surface area contributed by atoms with Crippen molar-refractivity contribution in [3.05, 3.63) is 68.3 Å². The fraction of sp³-hybridized carbons (Fsp3) is 0.300. The van der Waals surface area contributed by atoms with Gasteiger partial charge in [0.2, 0.25) is 0 Å². The Morgan fingerprint density at radius 3 is 2.15 bits per heavy atom. The van der Waals surface area contributed by atoms with E-state index in [-0.39, 0.29) is 11.9 Å². The van der Waals surface area contributed by atoms with Crippen LogP contribution in [0.15, 0.2) is 48.5 Å². The van der Waals surface area contributed by atoms with Crippen LogP contribution in [-0.4, -0.2) is 55.0 Å². The molecule has 2 aromatic carbocycles. The smallest absolute Gasteiger partial charge is 0.327 e. The van der Waals surface area contributed by atoms with Crippen molar-refractivity contribution in [2.75, 3.05) is 33.3 Å². The lowest BCUT2D eigenvalue weighted by atomic mass is 10.0. The number of ether oxygens (including phenoxy) is 1. The molecule has 1 saturated heterocycles. The average molecular weight is 499 g/mol. The molecule has 2 aromatic rings. The summed E-state index contributed by atoms with van der Waals surface area (Å²) in [5, 5.41) is 0.621. The van der Waals surface area contributed by atoms with Crippen LogP contribution in [0.2, 0.25) is 5.02 Å². The third kappa shape index (κ3) is 4.80. The Morgan fingerprint density at radius 1 is 1.00 bits per heavy atom. The first-order valence-corrected chi connectivity index (χ1v) is 10.1. The third-order valence-electron chi connectivity index (χ3n) is 4.67. The number of hydrogen-bond acceptors (Lipinski definition) is 4. The molecule has 1 unspecified atom stereocenters. The molecular formula is C20H20ClIN2O3. The van der Waals surface area contributed by atoms with Gasteiger partial charge < -0.3 is 9.64 Å². The van der Waals surface area contributed by atoms with Gasteiger partial charge in [0.15, 0.2) is 0 Å². The van der Waals surface area contributed by atoms with Crippen LogP contribution < -0.4 is 0 Å². The van der Waals surface area contributed by atoms with Gasteiger partial charge in [0, 0.05) is 40.3 Å². The molecule has 1 aliphatic rings. The number of hydrogen-bond donors (Lipinski definition) is 0. The topological polar surface area (TPSA) is 49.9 Å². The van der Waals surface area contributed by atoms with Crippen LogP contribution in [-0.2, 0) is 9.53 Å². The fourth-order valence-electron chi connectivity index (χ4n) is 3.21. The lowest BCUT2D eigenvalue weighted by molar-refractivity contribution is -0.148. The van der Waals surface area contributed by atoms with E-state index in [9.17, 15) is 9.59 Å². The third-order valence-corrected chi connectivity index (χ3v) is 5.64. The summed E-state index contributed by atoms with van der Waals surface area (Å²) >= 11 is 8.18. The lowest BCUT2D eigenvalue weighted by Gasteiger charge is -2.38. The van der Waals surface area contributed by atoms with E-state index in [1.54, 1.807) is 12.1 Å². The number of methoxy groups -OCH3 is 1. The molecule has 1 amide bonds. The van der Waals surface area contributed by atoms with Gasteiger partial charge in [0.1, 0.15) is 6.04 Å². The zero-order valence-corrected chi connectivity index (χ0v) is 17.8. The maximum Gasteiger partial charge on any atom is 0.327 e. The molecule has 0 aliphatic carbocycles. The highest BCUT2D eigenvalue weighted by Gasteiger charge is 2.32. The van der Waals surface area contributed by atoms with Crippen LogP contribution in [0.5, 0.6) is 0 Å². The van der Waals surface area contributed by atoms with Gasteiger partial charge in [-0.1, -0.05) is 23.7 Å². The van der Waals surface area contributed by atoms with Crippen LogP contribution in [0.25, 0.3) is 0 Å². The molecule has 0 N–H and O–H groups in total. The van der Waals surface area contributed by atoms with Gasteiger partial charge >= 0.3 is 5.97 Å². The van der Waals surface area contributed by atoms with Crippen LogP contribution in [0.1, 0.15) is 22.0 Å². The fourth-order valence-corrected chi connectivity index (χ4v) is 3.70. The molecule has 7 heteroatoms. The van der Waals surface area contributed by atoms with Crippen LogP contribution in [0.3, 0.4) is 0 Å². The maximum atomic E-state index is 12.7. The van der Waals surface area contributed by atoms with E-state index in [0.29, 0.717) is 36.8 Å². The molecule has 142 valence electrons. The minimum atomic E-state index is -0.497. The molecule has 0 bridgehead atoms. The summed E-state index contributed by atoms with van der Waals surface area (Å²) < 4.78 is 6.11. The molecule has 1 atom stereocenters. The summed E-state index contributed by atoms with van der Waals surface area (Å²) in [5.74, 6) is -0.290. The number of carbonyl (C=O) groups excluding carboxylic acids is 2. The van der Waals surface area contributed by atoms with Crippen molar-refractivity contribution in [3.8, 4) is 0 Å². The van der Waals surface area contributed by atoms with Crippen molar-refractivity contribution in [1.29, 1.82) is 0 Å². The molecule has 0 radical (unpaired) electrons. The van der Waals surface area contributed by atoms with Crippen molar-refractivity contribution >= 4 is 46.1 Å². The first-order chi connectivity index (χ1) is 13.0. The van der Waals surface area contributed by atoms with Gasteiger partial charge in [-0.05, 0) is 64.6 Å². The van der Waals surface area contributed by atoms with Crippen molar-refractivity contribution in [1.82, 2.24) is 9.80 Å². The van der Waals surface area contributed by atoms with Gasteiger partial charge in [-0.15, -0.1) is 0 Å². The van der Waals surface area contributed by atoms with E-state index >= 15 is 0 Å². The Morgan fingerprint density at radius 2 is 1.59 bits per heavy atom. The second-order valence-corrected chi connectivity index (χ2v) is 7.99. The molecule has 1 fully saturated rings. The Labute approximate surface area is 177 Å². The Balaban J connectivity index is 1.70. The quantitative estimate of drug-likeness (QED) is 0.477. The van der Waals surface area contributed by atoms with Crippen molar-refractivity contribution < 1.29 is 14.3 Å². The number of nitrogens with zero attached hydrogens (tertiary/aromatic N) is 2. The molecule has 0 spiro atoms. The second kappa shape index (κ2) is 9.03. The second-order valence-electron chi connectivity index (χ2n) is 6.31. The highest BCUT2D eigenvalue weighted by molar-refractivity contribution is 14.1. The SMILES string of the molecule is COC(=O)C(c1ccc(Cl)cc1)N1CCN(C(=O)c2ccc(I)cc2)CC1. The largest absolute Gasteiger partial charge is 0.468 e. The Hall–Kier alpha value is -1.64. The zero-order chi connectivity index (χ0) is 19.4. The lowest BCUT2D eigenvalue weighted by Crippen LogP contribution is -2.51. The zero-order valence-electron chi connectivity index (χ0n) is 14.9. The minimum absolute atomic E-state index is 0.0205. The van der Waals surface area contributed by atoms with Gasteiger partial charge in [-0.3, -0.25) is 9.69 Å². The minimum Gasteiger partial charge on any atom is -0.468 e. The molecule has 0 aromatic heterocycles. The molecule has 1 aliphatic heterocycles. The first kappa shape index (κ1) is 20.1. The average Bonchev–Trinajstić information content (AvgIpc) is 2.70. The highest BCUT2D eigenvalue weighted by atomic mass is 127. The summed E-state index contributed by atoms with van der Waals surface area (Å²) in [4.78, 5) is 28.9. The molecule has 3 rings (SSSR count). The van der Waals surface area contributed by atoms with E-state index in [1.165, 1.54) is 7.11 Å². The summed E-state index contributed by atoms with van der Waals surface area (Å²) in [6.45, 7) is 2.31. The van der Waals surface area contributed by atoms with Crippen molar-refractivity contribution in [2.45, 2.75) is 6.04 Å². The van der Waals surface area contributed by atoms with E-state index in [0.717, 1.165) is 9.13 Å². The number of carbonyl (C=O) groups is 2. The van der Waals surface area contributed by atoms with Crippen LogP contribution in [0.4, 0.5) is 0 Å². The van der Waals surface area contributed by atoms with Gasteiger partial charge in [0.05, 0.1) is 7.11 Å². The van der Waals surface area contributed by atoms with E-state index in [1.807, 2.05) is 46.2 Å². The summed E-state index contributed by atoms with van der Waals surface area (Å²) in [6, 6.07) is 14.3. The van der Waals surface area contributed by atoms with E-state index < -0.39 is 6.04 Å². The Bertz CT molecular complexity index is 803. The van der Waals surface area contributed by atoms with Crippen LogP contribution >= 0.6 is 34.2 Å². The van der Waals surface area contributed by atoms with Crippen molar-refractivity contribution in [3.63, 3.8) is 0 Å². The number of rotatable bonds is 4. The summed E-state index contributed by atoms with van der Waals surface area (Å²) in [5.41, 5.74) is 1.52. The predicted molar refractivity (Wildman–Crippen MR) is 113 cm³/mol. The van der Waals surface area contributed by atoms with Crippen LogP contribution in [0, 0.1) is 3.57 Å². The molecular weight excluding hydrogens is 479 g/mol. The van der Waals surface area contributed by atoms with Gasteiger partial charge in [-0.25, -0.2) is 4.79 Å². The normalized spacial score (nSPS) is 16.0. The van der Waals surface area contributed by atoms with Gasteiger partial charge in [-0.2, -0.15) is 0 Å². The highest BCUT2D eigenvalue weighted by Crippen LogP contribution is 2.25. The maximum absolute atomic E-state index is 12.7. The molecule has 0 saturated carbocycles. The van der Waals surface area contributed by atoms with Gasteiger partial charge in [0.25, 0.3) is 5.91 Å². The molecule has 27 heavy (non-hydrogen) atoms. The monoisotopic (exact) mass is 498 g/mol. The molecule has 1 heterocycles. The number of amides is 1. The number of esters is 1. The first-order valence-electron chi connectivity index (χ1n) is 8.62.